The number of nitro groups is 1. The Labute approximate surface area is 155 Å². The fourth-order valence-electron chi connectivity index (χ4n) is 2.51. The molecule has 148 valence electrons. The van der Waals surface area contributed by atoms with Gasteiger partial charge in [-0.15, -0.1) is 0 Å². The normalized spacial score (nSPS) is 25.5. The topological polar surface area (TPSA) is 108 Å². The number of carbonyl (C=O) groups excluding carboxylic acids is 2. The number of carbonyl (C=O) groups is 2. The number of alkyl halides is 4. The van der Waals surface area contributed by atoms with E-state index in [0.717, 1.165) is 24.3 Å². The van der Waals surface area contributed by atoms with E-state index in [1.807, 2.05) is 0 Å². The van der Waals surface area contributed by atoms with E-state index in [9.17, 15) is 32.9 Å². The molecular weight excluding hydrogens is 397 g/mol. The van der Waals surface area contributed by atoms with Crippen LogP contribution in [0.15, 0.2) is 24.3 Å². The molecule has 0 bridgehead atoms. The average Bonchev–Trinajstić information content (AvgIpc) is 2.56. The molecule has 1 amide bonds. The minimum Gasteiger partial charge on any atom is -0.454 e. The Hall–Kier alpha value is -2.40. The molecule has 8 nitrogen and oxygen atoms in total. The van der Waals surface area contributed by atoms with E-state index in [1.54, 1.807) is 5.32 Å². The predicted octanol–water partition coefficient (Wildman–Crippen LogP) is 2.54. The lowest BCUT2D eigenvalue weighted by molar-refractivity contribution is -0.384. The number of esters is 1. The molecule has 1 N–H and O–H groups in total. The Kier molecular flexibility index (Phi) is 6.26. The fourth-order valence-corrected chi connectivity index (χ4v) is 2.86. The van der Waals surface area contributed by atoms with Gasteiger partial charge >= 0.3 is 18.1 Å². The van der Waals surface area contributed by atoms with Gasteiger partial charge in [0.15, 0.2) is 0 Å². The second kappa shape index (κ2) is 8.09. The molecule has 1 aromatic rings. The van der Waals surface area contributed by atoms with Crippen LogP contribution < -0.4 is 5.32 Å². The van der Waals surface area contributed by atoms with Gasteiger partial charge in [-0.3, -0.25) is 14.9 Å². The molecule has 0 radical (unpaired) electrons. The first kappa shape index (κ1) is 20.9. The molecule has 12 heteroatoms. The van der Waals surface area contributed by atoms with Gasteiger partial charge in [-0.2, -0.15) is 13.2 Å². The third kappa shape index (κ3) is 5.30. The zero-order chi connectivity index (χ0) is 20.4. The summed E-state index contributed by atoms with van der Waals surface area (Å²) in [5.74, 6) is -3.13. The first-order valence-electron chi connectivity index (χ1n) is 7.61. The molecular formula is C15H14ClF3N2O6. The largest absolute Gasteiger partial charge is 0.471 e. The van der Waals surface area contributed by atoms with Gasteiger partial charge in [-0.25, -0.2) is 4.79 Å². The Balaban J connectivity index is 2.15. The van der Waals surface area contributed by atoms with Gasteiger partial charge in [0.2, 0.25) is 0 Å². The van der Waals surface area contributed by atoms with Crippen molar-refractivity contribution in [2.75, 3.05) is 0 Å². The second-order valence-electron chi connectivity index (χ2n) is 5.74. The Bertz CT molecular complexity index is 727. The van der Waals surface area contributed by atoms with E-state index in [4.69, 9.17) is 21.1 Å². The van der Waals surface area contributed by atoms with Crippen molar-refractivity contribution in [3.63, 3.8) is 0 Å². The van der Waals surface area contributed by atoms with Crippen molar-refractivity contribution in [3.8, 4) is 0 Å². The van der Waals surface area contributed by atoms with E-state index < -0.39 is 46.8 Å². The number of amides is 1. The van der Waals surface area contributed by atoms with Crippen LogP contribution >= 0.6 is 11.6 Å². The molecule has 1 unspecified atom stereocenters. The number of nitro benzene ring substituents is 1. The molecule has 1 heterocycles. The van der Waals surface area contributed by atoms with Crippen molar-refractivity contribution >= 4 is 29.2 Å². The van der Waals surface area contributed by atoms with Gasteiger partial charge in [0.25, 0.3) is 5.69 Å². The Morgan fingerprint density at radius 1 is 1.33 bits per heavy atom. The zero-order valence-electron chi connectivity index (χ0n) is 13.7. The smallest absolute Gasteiger partial charge is 0.454 e. The summed E-state index contributed by atoms with van der Waals surface area (Å²) in [7, 11) is 0. The number of benzene rings is 1. The van der Waals surface area contributed by atoms with Crippen molar-refractivity contribution < 1.29 is 37.2 Å². The number of nitrogens with zero attached hydrogens (tertiary/aromatic N) is 1. The highest BCUT2D eigenvalue weighted by Gasteiger charge is 2.45. The van der Waals surface area contributed by atoms with Crippen LogP contribution in [0.3, 0.4) is 0 Å². The van der Waals surface area contributed by atoms with Gasteiger partial charge in [0.05, 0.1) is 22.6 Å². The van der Waals surface area contributed by atoms with Crippen LogP contribution in [0.1, 0.15) is 23.7 Å². The van der Waals surface area contributed by atoms with Gasteiger partial charge in [-0.05, 0) is 19.1 Å². The molecule has 0 spiro atoms. The number of hydrogen-bond donors (Lipinski definition) is 1. The minimum absolute atomic E-state index is 0.0540. The van der Waals surface area contributed by atoms with E-state index in [-0.39, 0.29) is 17.7 Å². The van der Waals surface area contributed by atoms with Crippen molar-refractivity contribution in [2.24, 2.45) is 0 Å². The summed E-state index contributed by atoms with van der Waals surface area (Å²) in [4.78, 5) is 33.4. The SMILES string of the molecule is C[C@H]1OC(Cl)C[C@@H](NC(=O)C(F)(F)F)[C@@H]1OC(=O)c1ccc([N+](=O)[O-])cc1. The lowest BCUT2D eigenvalue weighted by atomic mass is 10.00. The molecule has 0 saturated carbocycles. The summed E-state index contributed by atoms with van der Waals surface area (Å²) in [6, 6.07) is 3.21. The fraction of sp³-hybridized carbons (Fsp3) is 0.467. The van der Waals surface area contributed by atoms with Crippen LogP contribution in [-0.4, -0.2) is 46.8 Å². The molecule has 0 aromatic heterocycles. The van der Waals surface area contributed by atoms with Crippen LogP contribution in [-0.2, 0) is 14.3 Å². The first-order valence-corrected chi connectivity index (χ1v) is 8.05. The van der Waals surface area contributed by atoms with E-state index in [0.29, 0.717) is 0 Å². The number of ether oxygens (including phenoxy) is 2. The van der Waals surface area contributed by atoms with Crippen molar-refractivity contribution in [1.82, 2.24) is 5.32 Å². The molecule has 27 heavy (non-hydrogen) atoms. The number of hydrogen-bond acceptors (Lipinski definition) is 6. The predicted molar refractivity (Wildman–Crippen MR) is 85.1 cm³/mol. The lowest BCUT2D eigenvalue weighted by Crippen LogP contribution is -2.57. The molecule has 1 aliphatic heterocycles. The van der Waals surface area contributed by atoms with Gasteiger partial charge in [0, 0.05) is 18.6 Å². The monoisotopic (exact) mass is 410 g/mol. The first-order chi connectivity index (χ1) is 12.5. The van der Waals surface area contributed by atoms with Crippen LogP contribution in [0.2, 0.25) is 0 Å². The summed E-state index contributed by atoms with van der Waals surface area (Å²) >= 11 is 5.81. The van der Waals surface area contributed by atoms with Gasteiger partial charge in [-0.1, -0.05) is 11.6 Å². The summed E-state index contributed by atoms with van der Waals surface area (Å²) in [5.41, 5.74) is -1.28. The van der Waals surface area contributed by atoms with Crippen LogP contribution in [0.5, 0.6) is 0 Å². The van der Waals surface area contributed by atoms with E-state index in [2.05, 4.69) is 0 Å². The third-order valence-electron chi connectivity index (χ3n) is 3.79. The molecule has 1 fully saturated rings. The highest BCUT2D eigenvalue weighted by atomic mass is 35.5. The minimum atomic E-state index is -5.11. The van der Waals surface area contributed by atoms with Crippen molar-refractivity contribution in [2.45, 2.75) is 43.3 Å². The Morgan fingerprint density at radius 2 is 1.93 bits per heavy atom. The average molecular weight is 411 g/mol. The zero-order valence-corrected chi connectivity index (χ0v) is 14.5. The summed E-state index contributed by atoms with van der Waals surface area (Å²) in [6.45, 7) is 1.43. The molecule has 4 atom stereocenters. The van der Waals surface area contributed by atoms with Gasteiger partial charge < -0.3 is 14.8 Å². The molecule has 1 saturated heterocycles. The molecule has 2 rings (SSSR count). The van der Waals surface area contributed by atoms with E-state index >= 15 is 0 Å². The Morgan fingerprint density at radius 3 is 2.44 bits per heavy atom. The summed E-state index contributed by atoms with van der Waals surface area (Å²) in [5, 5.41) is 12.4. The maximum absolute atomic E-state index is 12.5. The number of non-ortho nitro benzene ring substituents is 1. The lowest BCUT2D eigenvalue weighted by Gasteiger charge is -2.38. The van der Waals surface area contributed by atoms with Crippen LogP contribution in [0.25, 0.3) is 0 Å². The number of rotatable bonds is 4. The molecule has 0 aliphatic carbocycles. The van der Waals surface area contributed by atoms with Crippen molar-refractivity contribution in [3.05, 3.63) is 39.9 Å². The summed E-state index contributed by atoms with van der Waals surface area (Å²) in [6.07, 6.45) is -7.47. The maximum Gasteiger partial charge on any atom is 0.471 e. The highest BCUT2D eigenvalue weighted by Crippen LogP contribution is 2.27. The maximum atomic E-state index is 12.5. The van der Waals surface area contributed by atoms with Crippen LogP contribution in [0.4, 0.5) is 18.9 Å². The third-order valence-corrected chi connectivity index (χ3v) is 4.07. The number of halogens is 4. The number of nitrogens with one attached hydrogen (secondary N) is 1. The van der Waals surface area contributed by atoms with E-state index in [1.165, 1.54) is 6.92 Å². The summed E-state index contributed by atoms with van der Waals surface area (Å²) < 4.78 is 48.0. The standard InChI is InChI=1S/C15H14ClF3N2O6/c1-7-12(10(6-11(16)26-7)20-14(23)15(17,18)19)27-13(22)8-2-4-9(5-3-8)21(24)25/h2-5,7,10-12H,6H2,1H3,(H,20,23)/t7-,10-,11?,12-/m1/s1. The van der Waals surface area contributed by atoms with Crippen molar-refractivity contribution in [1.29, 1.82) is 0 Å². The highest BCUT2D eigenvalue weighted by molar-refractivity contribution is 6.19. The quantitative estimate of drug-likeness (QED) is 0.354. The molecule has 1 aromatic carbocycles. The molecule has 1 aliphatic rings. The van der Waals surface area contributed by atoms with Gasteiger partial charge in [0.1, 0.15) is 11.7 Å². The second-order valence-corrected chi connectivity index (χ2v) is 6.23. The van der Waals surface area contributed by atoms with Crippen LogP contribution in [0, 0.1) is 10.1 Å².